The minimum Gasteiger partial charge on any atom is -0.492 e. The molecule has 4 amide bonds. The first-order chi connectivity index (χ1) is 24.9. The Labute approximate surface area is 299 Å². The maximum absolute atomic E-state index is 12.2. The van der Waals surface area contributed by atoms with Gasteiger partial charge in [-0.15, -0.1) is 10.1 Å². The summed E-state index contributed by atoms with van der Waals surface area (Å²) in [6, 6.07) is 4.14. The summed E-state index contributed by atoms with van der Waals surface area (Å²) in [6.45, 7) is 4.96. The molecule has 0 bridgehead atoms. The van der Waals surface area contributed by atoms with Crippen molar-refractivity contribution in [2.75, 3.05) is 19.7 Å². The summed E-state index contributed by atoms with van der Waals surface area (Å²) < 4.78 is 45.7. The highest BCUT2D eigenvalue weighted by atomic mass is 32.2. The molecular weight excluding hydrogens is 704 g/mol. The SMILES string of the molecule is C=C/C(=C\CNCCCCCC(=O)ON1C(=O)CCC1=O)c1ncc(-c2ccc(OCCCCCC(=O)ON3C(=O)CCC3=O)c(S(=O)(=O)O)c2)o1. The van der Waals surface area contributed by atoms with Gasteiger partial charge in [-0.25, -0.2) is 14.6 Å². The Morgan fingerprint density at radius 2 is 1.46 bits per heavy atom. The van der Waals surface area contributed by atoms with Gasteiger partial charge in [-0.1, -0.05) is 25.2 Å². The predicted molar refractivity (Wildman–Crippen MR) is 180 cm³/mol. The maximum atomic E-state index is 12.2. The van der Waals surface area contributed by atoms with Crippen LogP contribution in [0.1, 0.15) is 82.9 Å². The third-order valence-corrected chi connectivity index (χ3v) is 8.73. The molecule has 18 heteroatoms. The minimum absolute atomic E-state index is 0.00792. The average molecular weight is 745 g/mol. The third-order valence-electron chi connectivity index (χ3n) is 7.86. The second-order valence-electron chi connectivity index (χ2n) is 11.8. The molecule has 2 aromatic rings. The van der Waals surface area contributed by atoms with Gasteiger partial charge in [0, 0.05) is 56.2 Å². The molecule has 0 saturated carbocycles. The number of allylic oxidation sites excluding steroid dienone is 2. The number of ether oxygens (including phenoxy) is 1. The molecule has 280 valence electrons. The molecule has 2 saturated heterocycles. The first-order valence-corrected chi connectivity index (χ1v) is 18.2. The Kier molecular flexibility index (Phi) is 14.4. The van der Waals surface area contributed by atoms with Crippen molar-refractivity contribution in [1.29, 1.82) is 0 Å². The number of carbonyl (C=O) groups excluding carboxylic acids is 6. The van der Waals surface area contributed by atoms with Crippen LogP contribution < -0.4 is 10.1 Å². The van der Waals surface area contributed by atoms with Crippen LogP contribution in [0.4, 0.5) is 0 Å². The number of rotatable bonds is 21. The largest absolute Gasteiger partial charge is 0.492 e. The number of carbonyl (C=O) groups is 6. The van der Waals surface area contributed by atoms with Crippen molar-refractivity contribution in [2.24, 2.45) is 0 Å². The molecule has 1 aromatic heterocycles. The Bertz CT molecular complexity index is 1790. The van der Waals surface area contributed by atoms with E-state index in [9.17, 15) is 41.7 Å². The molecule has 1 aromatic carbocycles. The summed E-state index contributed by atoms with van der Waals surface area (Å²) in [7, 11) is -4.69. The molecular formula is C34H40N4O13S. The fourth-order valence-electron chi connectivity index (χ4n) is 5.10. The second kappa shape index (κ2) is 18.9. The summed E-state index contributed by atoms with van der Waals surface area (Å²) in [4.78, 5) is 83.4. The zero-order chi connectivity index (χ0) is 37.7. The number of hydroxylamine groups is 4. The molecule has 2 N–H and O–H groups in total. The van der Waals surface area contributed by atoms with E-state index >= 15 is 0 Å². The number of benzene rings is 1. The Balaban J connectivity index is 1.19. The van der Waals surface area contributed by atoms with Crippen LogP contribution >= 0.6 is 0 Å². The normalized spacial score (nSPS) is 15.1. The van der Waals surface area contributed by atoms with Crippen LogP contribution in [0.2, 0.25) is 0 Å². The molecule has 0 aliphatic carbocycles. The Morgan fingerprint density at radius 1 is 0.885 bits per heavy atom. The predicted octanol–water partition coefficient (Wildman–Crippen LogP) is 3.46. The monoisotopic (exact) mass is 744 g/mol. The average Bonchev–Trinajstić information content (AvgIpc) is 3.81. The van der Waals surface area contributed by atoms with Gasteiger partial charge in [-0.3, -0.25) is 23.7 Å². The van der Waals surface area contributed by atoms with Crippen molar-refractivity contribution in [2.45, 2.75) is 81.9 Å². The molecule has 0 radical (unpaired) electrons. The topological polar surface area (TPSA) is 229 Å². The summed E-state index contributed by atoms with van der Waals surface area (Å²) in [5, 5.41) is 4.27. The molecule has 2 aliphatic heterocycles. The van der Waals surface area contributed by atoms with Crippen LogP contribution in [0.15, 0.2) is 52.4 Å². The first-order valence-electron chi connectivity index (χ1n) is 16.7. The number of amides is 4. The van der Waals surface area contributed by atoms with Gasteiger partial charge in [-0.2, -0.15) is 8.42 Å². The quantitative estimate of drug-likeness (QED) is 0.0807. The van der Waals surface area contributed by atoms with E-state index in [2.05, 4.69) is 16.9 Å². The molecule has 17 nitrogen and oxygen atoms in total. The number of hydrogen-bond donors (Lipinski definition) is 2. The van der Waals surface area contributed by atoms with Crippen molar-refractivity contribution in [3.05, 3.63) is 49.0 Å². The fraction of sp³-hybridized carbons (Fsp3) is 0.441. The van der Waals surface area contributed by atoms with E-state index in [0.717, 1.165) is 6.42 Å². The van der Waals surface area contributed by atoms with Gasteiger partial charge in [0.05, 0.1) is 12.8 Å². The number of nitrogens with one attached hydrogen (secondary N) is 1. The summed E-state index contributed by atoms with van der Waals surface area (Å²) >= 11 is 0. The number of imide groups is 2. The molecule has 2 fully saturated rings. The van der Waals surface area contributed by atoms with Crippen LogP contribution in [-0.4, -0.2) is 83.3 Å². The van der Waals surface area contributed by atoms with Crippen LogP contribution in [0.25, 0.3) is 16.9 Å². The maximum Gasteiger partial charge on any atom is 0.333 e. The van der Waals surface area contributed by atoms with Gasteiger partial charge in [0.1, 0.15) is 10.6 Å². The molecule has 52 heavy (non-hydrogen) atoms. The van der Waals surface area contributed by atoms with Gasteiger partial charge in [0.15, 0.2) is 5.76 Å². The highest BCUT2D eigenvalue weighted by Gasteiger charge is 2.33. The molecule has 0 spiro atoms. The van der Waals surface area contributed by atoms with Crippen molar-refractivity contribution >= 4 is 51.3 Å². The minimum atomic E-state index is -4.69. The van der Waals surface area contributed by atoms with Crippen LogP contribution in [0.5, 0.6) is 5.75 Å². The fourth-order valence-corrected chi connectivity index (χ4v) is 5.76. The molecule has 4 rings (SSSR count). The molecule has 3 heterocycles. The molecule has 0 atom stereocenters. The Morgan fingerprint density at radius 3 is 2.02 bits per heavy atom. The molecule has 0 unspecified atom stereocenters. The van der Waals surface area contributed by atoms with Crippen LogP contribution in [-0.2, 0) is 48.6 Å². The van der Waals surface area contributed by atoms with E-state index in [0.29, 0.717) is 66.5 Å². The Hall–Kier alpha value is -5.20. The number of aromatic nitrogens is 1. The highest BCUT2D eigenvalue weighted by Crippen LogP contribution is 2.32. The van der Waals surface area contributed by atoms with Crippen molar-refractivity contribution in [3.63, 3.8) is 0 Å². The van der Waals surface area contributed by atoms with Gasteiger partial charge >= 0.3 is 11.9 Å². The summed E-state index contributed by atoms with van der Waals surface area (Å²) in [5.74, 6) is -3.09. The van der Waals surface area contributed by atoms with Gasteiger partial charge < -0.3 is 24.1 Å². The zero-order valence-corrected chi connectivity index (χ0v) is 29.2. The van der Waals surface area contributed by atoms with Crippen molar-refractivity contribution in [3.8, 4) is 17.1 Å². The lowest BCUT2D eigenvalue weighted by Crippen LogP contribution is -2.31. The molecule has 2 aliphatic rings. The lowest BCUT2D eigenvalue weighted by Gasteiger charge is -2.12. The van der Waals surface area contributed by atoms with Crippen LogP contribution in [0, 0.1) is 0 Å². The van der Waals surface area contributed by atoms with Gasteiger partial charge in [0.25, 0.3) is 33.7 Å². The van der Waals surface area contributed by atoms with E-state index in [4.69, 9.17) is 18.8 Å². The number of nitrogens with zero attached hydrogens (tertiary/aromatic N) is 3. The summed E-state index contributed by atoms with van der Waals surface area (Å²) in [6.07, 6.45) is 8.25. The van der Waals surface area contributed by atoms with Gasteiger partial charge in [-0.05, 0) is 56.8 Å². The second-order valence-corrected chi connectivity index (χ2v) is 13.2. The van der Waals surface area contributed by atoms with E-state index in [-0.39, 0.29) is 62.5 Å². The first kappa shape index (κ1) is 39.6. The highest BCUT2D eigenvalue weighted by molar-refractivity contribution is 7.86. The van der Waals surface area contributed by atoms with E-state index in [1.807, 2.05) is 6.08 Å². The van der Waals surface area contributed by atoms with E-state index in [1.165, 1.54) is 18.3 Å². The lowest BCUT2D eigenvalue weighted by molar-refractivity contribution is -0.197. The van der Waals surface area contributed by atoms with Gasteiger partial charge in [0.2, 0.25) is 5.89 Å². The van der Waals surface area contributed by atoms with E-state index in [1.54, 1.807) is 12.1 Å². The van der Waals surface area contributed by atoms with Crippen molar-refractivity contribution < 1.29 is 60.6 Å². The zero-order valence-electron chi connectivity index (χ0n) is 28.4. The smallest absolute Gasteiger partial charge is 0.333 e. The van der Waals surface area contributed by atoms with Crippen molar-refractivity contribution in [1.82, 2.24) is 20.4 Å². The number of unbranched alkanes of at least 4 members (excludes halogenated alkanes) is 4. The number of hydrogen-bond acceptors (Lipinski definition) is 14. The lowest BCUT2D eigenvalue weighted by atomic mass is 10.2. The summed E-state index contributed by atoms with van der Waals surface area (Å²) in [5.41, 5.74) is 0.894. The van der Waals surface area contributed by atoms with E-state index < -0.39 is 50.6 Å². The number of oxazole rings is 1. The third kappa shape index (κ3) is 11.4. The van der Waals surface area contributed by atoms with Crippen LogP contribution in [0.3, 0.4) is 0 Å². The standard InChI is InChI=1S/C34H40N4O13S/c1-2-23(17-19-35-18-7-3-5-9-32(43)50-37-28(39)13-14-29(37)40)34-36-22-26(49-34)24-11-12-25(27(21-24)52(45,46)47)48-20-8-4-6-10-33(44)51-38-30(41)15-16-31(38)42/h2,11-12,17,21-22,35H,1,3-10,13-16,18-20H2,(H,45,46,47)/b23-17+.